The van der Waals surface area contributed by atoms with Crippen LogP contribution in [-0.2, 0) is 30.5 Å². The number of nitrogens with zero attached hydrogens (tertiary/aromatic N) is 4. The van der Waals surface area contributed by atoms with Gasteiger partial charge in [-0.2, -0.15) is 18.3 Å². The van der Waals surface area contributed by atoms with E-state index in [1.54, 1.807) is 0 Å². The first-order valence-electron chi connectivity index (χ1n) is 10.9. The maximum absolute atomic E-state index is 14.3. The third-order valence-corrected chi connectivity index (χ3v) is 6.68. The fraction of sp³-hybridized carbons (Fsp3) is 0.500. The summed E-state index contributed by atoms with van der Waals surface area (Å²) in [5.74, 6) is -0.830. The van der Waals surface area contributed by atoms with Gasteiger partial charge in [-0.25, -0.2) is 9.18 Å². The number of hydrogen-bond donors (Lipinski definition) is 1. The largest absolute Gasteiger partial charge is 0.465 e. The Morgan fingerprint density at radius 1 is 1.15 bits per heavy atom. The topological polar surface area (TPSA) is 78.7 Å². The molecule has 2 aliphatic rings. The van der Waals surface area contributed by atoms with Crippen LogP contribution in [0.4, 0.5) is 22.4 Å². The second-order valence-electron chi connectivity index (χ2n) is 8.65. The van der Waals surface area contributed by atoms with E-state index in [2.05, 4.69) is 5.10 Å². The molecule has 3 heterocycles. The third-order valence-electron chi connectivity index (χ3n) is 6.44. The summed E-state index contributed by atoms with van der Waals surface area (Å²) in [6.45, 7) is 0.555. The standard InChI is InChI=1S/C22H23ClF4N4O3/c23-15-2-1-14(17(24)10-15)11-31-18-12-30(8-5-16(18)20(28-31)22(25,26)27)19(32)9-13-3-6-29(7-4-13)21(33)34/h1-2,10,13H,3-9,11-12H2,(H,33,34). The van der Waals surface area contributed by atoms with Crippen molar-refractivity contribution in [3.05, 3.63) is 51.6 Å². The Kier molecular flexibility index (Phi) is 6.75. The van der Waals surface area contributed by atoms with Gasteiger partial charge in [-0.1, -0.05) is 17.7 Å². The predicted molar refractivity (Wildman–Crippen MR) is 114 cm³/mol. The van der Waals surface area contributed by atoms with Gasteiger partial charge in [0.1, 0.15) is 5.82 Å². The van der Waals surface area contributed by atoms with Crippen LogP contribution in [0.2, 0.25) is 5.02 Å². The van der Waals surface area contributed by atoms with Gasteiger partial charge in [-0.3, -0.25) is 9.48 Å². The molecule has 2 aliphatic heterocycles. The lowest BCUT2D eigenvalue weighted by molar-refractivity contribution is -0.142. The number of benzene rings is 1. The quantitative estimate of drug-likeness (QED) is 0.628. The SMILES string of the molecule is O=C(O)N1CCC(CC(=O)N2CCc3c(C(F)(F)F)nn(Cc4ccc(Cl)cc4F)c3C2)CC1. The molecule has 1 N–H and O–H groups in total. The van der Waals surface area contributed by atoms with Crippen LogP contribution in [0.15, 0.2) is 18.2 Å². The van der Waals surface area contributed by atoms with Crippen LogP contribution >= 0.6 is 11.6 Å². The van der Waals surface area contributed by atoms with E-state index in [1.807, 2.05) is 0 Å². The molecule has 0 aliphatic carbocycles. The number of halogens is 5. The molecule has 0 bridgehead atoms. The van der Waals surface area contributed by atoms with Crippen molar-refractivity contribution < 1.29 is 32.3 Å². The smallest absolute Gasteiger partial charge is 0.435 e. The summed E-state index contributed by atoms with van der Waals surface area (Å²) in [6.07, 6.45) is -4.34. The molecule has 1 fully saturated rings. The van der Waals surface area contributed by atoms with E-state index in [-0.39, 0.29) is 66.1 Å². The van der Waals surface area contributed by atoms with Crippen molar-refractivity contribution in [2.24, 2.45) is 5.92 Å². The molecule has 1 saturated heterocycles. The van der Waals surface area contributed by atoms with Crippen molar-refractivity contribution in [2.45, 2.75) is 44.9 Å². The Balaban J connectivity index is 1.52. The first-order chi connectivity index (χ1) is 16.0. The maximum atomic E-state index is 14.3. The van der Waals surface area contributed by atoms with Crippen LogP contribution < -0.4 is 0 Å². The lowest BCUT2D eigenvalue weighted by Gasteiger charge is -2.32. The van der Waals surface area contributed by atoms with Gasteiger partial charge in [0.15, 0.2) is 5.69 Å². The summed E-state index contributed by atoms with van der Waals surface area (Å²) in [5, 5.41) is 13.0. The van der Waals surface area contributed by atoms with Crippen molar-refractivity contribution in [3.8, 4) is 0 Å². The zero-order chi connectivity index (χ0) is 24.6. The Bertz CT molecular complexity index is 1100. The van der Waals surface area contributed by atoms with Gasteiger partial charge in [-0.15, -0.1) is 0 Å². The zero-order valence-corrected chi connectivity index (χ0v) is 18.9. The lowest BCUT2D eigenvalue weighted by atomic mass is 9.92. The van der Waals surface area contributed by atoms with Gasteiger partial charge in [0.25, 0.3) is 0 Å². The molecule has 12 heteroatoms. The molecule has 2 amide bonds. The Hall–Kier alpha value is -2.82. The minimum absolute atomic E-state index is 0.00350. The van der Waals surface area contributed by atoms with Gasteiger partial charge >= 0.3 is 12.3 Å². The van der Waals surface area contributed by atoms with E-state index in [4.69, 9.17) is 16.7 Å². The average Bonchev–Trinajstić information content (AvgIpc) is 3.14. The van der Waals surface area contributed by atoms with E-state index in [0.717, 1.165) is 10.7 Å². The van der Waals surface area contributed by atoms with Crippen LogP contribution in [0.5, 0.6) is 0 Å². The fourth-order valence-electron chi connectivity index (χ4n) is 4.57. The van der Waals surface area contributed by atoms with Crippen molar-refractivity contribution in [1.82, 2.24) is 19.6 Å². The second-order valence-corrected chi connectivity index (χ2v) is 9.08. The van der Waals surface area contributed by atoms with Gasteiger partial charge in [0, 0.05) is 42.2 Å². The number of amides is 2. The molecule has 0 saturated carbocycles. The minimum atomic E-state index is -4.67. The van der Waals surface area contributed by atoms with E-state index < -0.39 is 23.8 Å². The molecular formula is C22H23ClF4N4O3. The molecular weight excluding hydrogens is 480 g/mol. The number of carbonyl (C=O) groups excluding carboxylic acids is 1. The van der Waals surface area contributed by atoms with Gasteiger partial charge in [0.2, 0.25) is 5.91 Å². The third kappa shape index (κ3) is 5.13. The minimum Gasteiger partial charge on any atom is -0.465 e. The summed E-state index contributed by atoms with van der Waals surface area (Å²) in [6, 6.07) is 3.93. The summed E-state index contributed by atoms with van der Waals surface area (Å²) in [5.41, 5.74) is -0.607. The molecule has 0 spiro atoms. The summed E-state index contributed by atoms with van der Waals surface area (Å²) in [4.78, 5) is 26.8. The van der Waals surface area contributed by atoms with Gasteiger partial charge < -0.3 is 14.9 Å². The number of carbonyl (C=O) groups is 2. The first kappa shape index (κ1) is 24.3. The summed E-state index contributed by atoms with van der Waals surface area (Å²) in [7, 11) is 0. The molecule has 1 aromatic carbocycles. The summed E-state index contributed by atoms with van der Waals surface area (Å²) >= 11 is 5.77. The molecule has 1 aromatic heterocycles. The second kappa shape index (κ2) is 9.44. The fourth-order valence-corrected chi connectivity index (χ4v) is 4.73. The number of fused-ring (bicyclic) bond motifs is 1. The van der Waals surface area contributed by atoms with E-state index >= 15 is 0 Å². The van der Waals surface area contributed by atoms with E-state index in [9.17, 15) is 27.2 Å². The van der Waals surface area contributed by atoms with Crippen molar-refractivity contribution in [2.75, 3.05) is 19.6 Å². The summed E-state index contributed by atoms with van der Waals surface area (Å²) < 4.78 is 56.3. The predicted octanol–water partition coefficient (Wildman–Crippen LogP) is 4.41. The number of hydrogen-bond acceptors (Lipinski definition) is 3. The van der Waals surface area contributed by atoms with Crippen LogP contribution in [0.3, 0.4) is 0 Å². The lowest BCUT2D eigenvalue weighted by Crippen LogP contribution is -2.41. The van der Waals surface area contributed by atoms with Crippen molar-refractivity contribution in [3.63, 3.8) is 0 Å². The maximum Gasteiger partial charge on any atom is 0.435 e. The highest BCUT2D eigenvalue weighted by Crippen LogP contribution is 2.36. The van der Waals surface area contributed by atoms with E-state index in [1.165, 1.54) is 21.9 Å². The van der Waals surface area contributed by atoms with Crippen LogP contribution in [0.25, 0.3) is 0 Å². The number of aromatic nitrogens is 2. The normalized spacial score (nSPS) is 17.1. The number of likely N-dealkylation sites (tertiary alicyclic amines) is 1. The molecule has 184 valence electrons. The molecule has 2 aromatic rings. The van der Waals surface area contributed by atoms with Crippen molar-refractivity contribution >= 4 is 23.6 Å². The van der Waals surface area contributed by atoms with Gasteiger partial charge in [-0.05, 0) is 37.3 Å². The monoisotopic (exact) mass is 502 g/mol. The van der Waals surface area contributed by atoms with E-state index in [0.29, 0.717) is 25.9 Å². The zero-order valence-electron chi connectivity index (χ0n) is 18.1. The highest BCUT2D eigenvalue weighted by Gasteiger charge is 2.41. The molecule has 34 heavy (non-hydrogen) atoms. The van der Waals surface area contributed by atoms with Crippen LogP contribution in [0, 0.1) is 11.7 Å². The van der Waals surface area contributed by atoms with Gasteiger partial charge in [0.05, 0.1) is 18.8 Å². The van der Waals surface area contributed by atoms with Crippen LogP contribution in [0.1, 0.15) is 41.8 Å². The molecule has 0 atom stereocenters. The number of piperidine rings is 1. The Morgan fingerprint density at radius 3 is 2.47 bits per heavy atom. The van der Waals surface area contributed by atoms with Crippen molar-refractivity contribution in [1.29, 1.82) is 0 Å². The first-order valence-corrected chi connectivity index (χ1v) is 11.3. The molecule has 0 unspecified atom stereocenters. The Labute approximate surface area is 197 Å². The number of alkyl halides is 3. The molecule has 7 nitrogen and oxygen atoms in total. The highest BCUT2D eigenvalue weighted by molar-refractivity contribution is 6.30. The highest BCUT2D eigenvalue weighted by atomic mass is 35.5. The molecule has 0 radical (unpaired) electrons. The molecule has 4 rings (SSSR count). The number of rotatable bonds is 4. The van der Waals surface area contributed by atoms with Crippen LogP contribution in [-0.4, -0.2) is 56.3 Å². The number of carboxylic acid groups (broad SMARTS) is 1. The average molecular weight is 503 g/mol. The Morgan fingerprint density at radius 2 is 1.85 bits per heavy atom.